The maximum absolute atomic E-state index is 8.81. The molecule has 0 aliphatic heterocycles. The Morgan fingerprint density at radius 1 is 0.440 bits per heavy atom. The molecule has 0 aliphatic rings. The molecule has 4 rings (SSSR count). The van der Waals surface area contributed by atoms with E-state index in [-0.39, 0.29) is 30.2 Å². The minimum atomic E-state index is -3.67. The van der Waals surface area contributed by atoms with Gasteiger partial charge in [-0.2, -0.15) is 0 Å². The predicted octanol–water partition coefficient (Wildman–Crippen LogP) is 3.06. The van der Waals surface area contributed by atoms with Crippen molar-refractivity contribution in [2.24, 2.45) is 0 Å². The van der Waals surface area contributed by atoms with E-state index in [2.05, 4.69) is 0 Å². The van der Waals surface area contributed by atoms with Crippen LogP contribution in [0.4, 0.5) is 0 Å². The van der Waals surface area contributed by atoms with E-state index in [0.717, 1.165) is 13.1 Å². The Labute approximate surface area is 159 Å². The molecule has 0 fully saturated rings. The SMILES string of the molecule is [3H]c1c([3H])c([3H])c([As+](c2ccccc2)(c2ccccc2)c2ccccc2)c([3H])c1[3H]. The fourth-order valence-corrected chi connectivity index (χ4v) is 11.5. The van der Waals surface area contributed by atoms with Gasteiger partial charge in [0.2, 0.25) is 0 Å². The molecule has 0 amide bonds. The Hall–Kier alpha value is -2.56. The van der Waals surface area contributed by atoms with Gasteiger partial charge >= 0.3 is 159 Å². The molecule has 0 aromatic heterocycles. The summed E-state index contributed by atoms with van der Waals surface area (Å²) in [6.45, 7) is 0. The quantitative estimate of drug-likeness (QED) is 0.468. The summed E-state index contributed by atoms with van der Waals surface area (Å²) in [6.07, 6.45) is 0. The van der Waals surface area contributed by atoms with Crippen molar-refractivity contribution in [1.29, 1.82) is 0 Å². The normalized spacial score (nSPS) is 14.0. The number of hydrogen-bond donors (Lipinski definition) is 0. The van der Waals surface area contributed by atoms with Crippen molar-refractivity contribution in [2.75, 3.05) is 0 Å². The molecule has 0 nitrogen and oxygen atoms in total. The van der Waals surface area contributed by atoms with Crippen molar-refractivity contribution < 1.29 is 6.85 Å². The van der Waals surface area contributed by atoms with E-state index in [1.165, 1.54) is 0 Å². The van der Waals surface area contributed by atoms with Gasteiger partial charge in [-0.05, 0) is 0 Å². The van der Waals surface area contributed by atoms with Crippen LogP contribution in [0.15, 0.2) is 121 Å². The van der Waals surface area contributed by atoms with Crippen molar-refractivity contribution in [2.45, 2.75) is 0 Å². The summed E-state index contributed by atoms with van der Waals surface area (Å²) < 4.78 is 45.8. The summed E-state index contributed by atoms with van der Waals surface area (Å²) in [5, 5.41) is 0. The molecule has 120 valence electrons. The Morgan fingerprint density at radius 2 is 0.800 bits per heavy atom. The number of benzene rings is 4. The van der Waals surface area contributed by atoms with Crippen LogP contribution in [-0.2, 0) is 0 Å². The average Bonchev–Trinajstić information content (AvgIpc) is 2.81. The van der Waals surface area contributed by atoms with Gasteiger partial charge in [-0.1, -0.05) is 0 Å². The van der Waals surface area contributed by atoms with Crippen LogP contribution in [0.3, 0.4) is 0 Å². The first-order chi connectivity index (χ1) is 14.5. The summed E-state index contributed by atoms with van der Waals surface area (Å²) in [4.78, 5) is 0. The van der Waals surface area contributed by atoms with Crippen molar-refractivity contribution in [1.82, 2.24) is 0 Å². The van der Waals surface area contributed by atoms with Gasteiger partial charge in [-0.15, -0.1) is 0 Å². The molecule has 25 heavy (non-hydrogen) atoms. The Balaban J connectivity index is 2.27. The van der Waals surface area contributed by atoms with E-state index in [0.29, 0.717) is 4.35 Å². The summed E-state index contributed by atoms with van der Waals surface area (Å²) in [5.74, 6) is 0. The molecule has 0 saturated heterocycles. The Kier molecular flexibility index (Phi) is 3.17. The van der Waals surface area contributed by atoms with Crippen molar-refractivity contribution in [3.05, 3.63) is 121 Å². The van der Waals surface area contributed by atoms with E-state index in [1.807, 2.05) is 91.0 Å². The van der Waals surface area contributed by atoms with Gasteiger partial charge in [0.05, 0.1) is 0 Å². The first kappa shape index (κ1) is 11.1. The molecule has 0 N–H and O–H groups in total. The fraction of sp³-hybridized carbons (Fsp3) is 0. The molecule has 0 heterocycles. The van der Waals surface area contributed by atoms with Crippen LogP contribution >= 0.6 is 0 Å². The van der Waals surface area contributed by atoms with Gasteiger partial charge in [-0.3, -0.25) is 0 Å². The second kappa shape index (κ2) is 7.13. The molecule has 4 aromatic carbocycles. The number of hydrogen-bond acceptors (Lipinski definition) is 0. The van der Waals surface area contributed by atoms with Crippen LogP contribution in [-0.4, -0.2) is 13.6 Å². The zero-order valence-corrected chi connectivity index (χ0v) is 15.5. The molecule has 0 bridgehead atoms. The molecule has 0 radical (unpaired) electrons. The van der Waals surface area contributed by atoms with Gasteiger partial charge in [0.15, 0.2) is 0 Å². The maximum atomic E-state index is 8.81. The summed E-state index contributed by atoms with van der Waals surface area (Å²) in [6, 6.07) is 28.5. The van der Waals surface area contributed by atoms with E-state index in [4.69, 9.17) is 6.85 Å². The summed E-state index contributed by atoms with van der Waals surface area (Å²) in [5.41, 5.74) is 0. The minimum absolute atomic E-state index is 0.120. The monoisotopic (exact) mass is 393 g/mol. The molecule has 0 saturated carbocycles. The van der Waals surface area contributed by atoms with Crippen molar-refractivity contribution >= 4 is 31.0 Å². The van der Waals surface area contributed by atoms with Crippen molar-refractivity contribution in [3.63, 3.8) is 0 Å². The Bertz CT molecular complexity index is 1050. The van der Waals surface area contributed by atoms with Gasteiger partial charge in [0.1, 0.15) is 0 Å². The van der Waals surface area contributed by atoms with Gasteiger partial charge in [0, 0.05) is 0 Å². The second-order valence-corrected chi connectivity index (χ2v) is 12.7. The fourth-order valence-electron chi connectivity index (χ4n) is 3.20. The van der Waals surface area contributed by atoms with E-state index in [9.17, 15) is 0 Å². The van der Waals surface area contributed by atoms with E-state index < -0.39 is 13.6 Å². The van der Waals surface area contributed by atoms with E-state index in [1.54, 1.807) is 0 Å². The van der Waals surface area contributed by atoms with Crippen LogP contribution in [0.5, 0.6) is 0 Å². The van der Waals surface area contributed by atoms with Crippen LogP contribution in [0.1, 0.15) is 6.85 Å². The third-order valence-electron chi connectivity index (χ3n) is 4.25. The molecule has 0 aliphatic carbocycles. The molecule has 1 heteroatoms. The molecule has 4 aromatic rings. The molecule has 0 unspecified atom stereocenters. The van der Waals surface area contributed by atoms with Gasteiger partial charge in [0.25, 0.3) is 0 Å². The zero-order valence-electron chi connectivity index (χ0n) is 18.6. The average molecular weight is 393 g/mol. The first-order valence-corrected chi connectivity index (χ1v) is 11.9. The van der Waals surface area contributed by atoms with Crippen LogP contribution in [0.25, 0.3) is 0 Å². The first-order valence-electron chi connectivity index (χ1n) is 10.6. The molecule has 0 atom stereocenters. The van der Waals surface area contributed by atoms with Gasteiger partial charge < -0.3 is 0 Å². The summed E-state index contributed by atoms with van der Waals surface area (Å²) in [7, 11) is 0. The summed E-state index contributed by atoms with van der Waals surface area (Å²) >= 11 is -3.67. The number of rotatable bonds is 4. The van der Waals surface area contributed by atoms with Gasteiger partial charge in [-0.25, -0.2) is 0 Å². The van der Waals surface area contributed by atoms with E-state index >= 15 is 0 Å². The van der Waals surface area contributed by atoms with Crippen LogP contribution in [0, 0.1) is 0 Å². The topological polar surface area (TPSA) is 0 Å². The van der Waals surface area contributed by atoms with Crippen LogP contribution < -0.4 is 17.4 Å². The molecular weight excluding hydrogens is 363 g/mol. The van der Waals surface area contributed by atoms with Crippen molar-refractivity contribution in [3.8, 4) is 0 Å². The Morgan fingerprint density at radius 3 is 1.16 bits per heavy atom. The molecular formula is C24H20As+. The zero-order chi connectivity index (χ0) is 21.3. The predicted molar refractivity (Wildman–Crippen MR) is 110 cm³/mol. The standard InChI is InChI=1S/C24H20As/c1-5-13-21(14-6-1)25(22-15-7-2-8-16-22,23-17-9-3-10-18-23)24-19-11-4-12-20-24/h1-20H/q+1/i1T,5T,6T,13T,14T. The third kappa shape index (κ3) is 2.84. The molecule has 0 spiro atoms. The third-order valence-corrected chi connectivity index (χ3v) is 12.9. The second-order valence-electron chi connectivity index (χ2n) is 5.65. The van der Waals surface area contributed by atoms with Crippen LogP contribution in [0.2, 0.25) is 0 Å².